The fraction of sp³-hybridized carbons (Fsp3) is 0.467. The highest BCUT2D eigenvalue weighted by molar-refractivity contribution is 5.90. The molecule has 2 aliphatic rings. The molecule has 19 heavy (non-hydrogen) atoms. The second kappa shape index (κ2) is 3.51. The molecule has 1 saturated heterocycles. The first-order valence-electron chi connectivity index (χ1n) is 6.49. The van der Waals surface area contributed by atoms with Crippen LogP contribution in [-0.4, -0.2) is 29.6 Å². The molecule has 1 amide bonds. The summed E-state index contributed by atoms with van der Waals surface area (Å²) in [7, 11) is 0. The van der Waals surface area contributed by atoms with E-state index in [2.05, 4.69) is 43.9 Å². The Balaban J connectivity index is 2.22. The molecule has 4 heteroatoms. The van der Waals surface area contributed by atoms with Crippen molar-refractivity contribution in [1.29, 1.82) is 5.26 Å². The lowest BCUT2D eigenvalue weighted by molar-refractivity contribution is -0.130. The lowest BCUT2D eigenvalue weighted by atomic mass is 9.76. The minimum Gasteiger partial charge on any atom is -0.338 e. The van der Waals surface area contributed by atoms with Crippen LogP contribution in [0.3, 0.4) is 0 Å². The summed E-state index contributed by atoms with van der Waals surface area (Å²) in [6, 6.07) is 10.3. The molecule has 1 aromatic rings. The molecule has 0 saturated carbocycles. The highest BCUT2D eigenvalue weighted by atomic mass is 16.2. The molecule has 2 aliphatic heterocycles. The van der Waals surface area contributed by atoms with Crippen molar-refractivity contribution in [3.05, 3.63) is 29.8 Å². The number of carbonyl (C=O) groups excluding carboxylic acids is 1. The average Bonchev–Trinajstić information content (AvgIpc) is 2.73. The number of hydrogen-bond acceptors (Lipinski definition) is 3. The number of fused-ring (bicyclic) bond motifs is 3. The van der Waals surface area contributed by atoms with Gasteiger partial charge in [0.05, 0.1) is 12.6 Å². The van der Waals surface area contributed by atoms with E-state index in [1.807, 2.05) is 12.1 Å². The molecular formula is C15H17N3O. The van der Waals surface area contributed by atoms with Crippen LogP contribution < -0.4 is 4.90 Å². The largest absolute Gasteiger partial charge is 0.338 e. The van der Waals surface area contributed by atoms with Crippen LogP contribution in [-0.2, 0) is 10.2 Å². The minimum absolute atomic E-state index is 0.0339. The summed E-state index contributed by atoms with van der Waals surface area (Å²) < 4.78 is 0. The van der Waals surface area contributed by atoms with Crippen LogP contribution in [0.15, 0.2) is 24.3 Å². The Morgan fingerprint density at radius 2 is 2.00 bits per heavy atom. The quantitative estimate of drug-likeness (QED) is 0.720. The van der Waals surface area contributed by atoms with E-state index < -0.39 is 5.66 Å². The van der Waals surface area contributed by atoms with E-state index in [1.165, 1.54) is 5.56 Å². The number of nitriles is 1. The first-order valence-corrected chi connectivity index (χ1v) is 6.49. The van der Waals surface area contributed by atoms with E-state index in [-0.39, 0.29) is 17.9 Å². The van der Waals surface area contributed by atoms with Gasteiger partial charge in [0, 0.05) is 11.1 Å². The van der Waals surface area contributed by atoms with Gasteiger partial charge in [-0.15, -0.1) is 0 Å². The van der Waals surface area contributed by atoms with Crippen LogP contribution in [0.5, 0.6) is 0 Å². The summed E-state index contributed by atoms with van der Waals surface area (Å²) in [5, 5.41) is 9.00. The van der Waals surface area contributed by atoms with Gasteiger partial charge in [-0.05, 0) is 18.6 Å². The van der Waals surface area contributed by atoms with Gasteiger partial charge in [-0.2, -0.15) is 5.26 Å². The maximum Gasteiger partial charge on any atom is 0.244 e. The number of rotatable bonds is 1. The van der Waals surface area contributed by atoms with Crippen LogP contribution in [0.2, 0.25) is 0 Å². The number of nitrogens with zero attached hydrogens (tertiary/aromatic N) is 3. The van der Waals surface area contributed by atoms with E-state index in [0.717, 1.165) is 5.69 Å². The van der Waals surface area contributed by atoms with Crippen LogP contribution in [0, 0.1) is 11.3 Å². The predicted octanol–water partition coefficient (Wildman–Crippen LogP) is 1.87. The van der Waals surface area contributed by atoms with Crippen molar-refractivity contribution < 1.29 is 4.79 Å². The zero-order chi connectivity index (χ0) is 13.8. The van der Waals surface area contributed by atoms with E-state index in [9.17, 15) is 4.79 Å². The average molecular weight is 255 g/mol. The third-order valence-corrected chi connectivity index (χ3v) is 4.93. The predicted molar refractivity (Wildman–Crippen MR) is 72.5 cm³/mol. The molecule has 0 radical (unpaired) electrons. The fourth-order valence-corrected chi connectivity index (χ4v) is 3.56. The molecule has 0 aromatic heterocycles. The van der Waals surface area contributed by atoms with Crippen molar-refractivity contribution in [2.24, 2.45) is 0 Å². The molecule has 0 N–H and O–H groups in total. The maximum absolute atomic E-state index is 12.2. The number of amides is 1. The Hall–Kier alpha value is -2.02. The molecule has 1 aromatic carbocycles. The summed E-state index contributed by atoms with van der Waals surface area (Å²) >= 11 is 0. The molecule has 2 heterocycles. The van der Waals surface area contributed by atoms with E-state index in [4.69, 9.17) is 5.26 Å². The first kappa shape index (κ1) is 12.0. The summed E-state index contributed by atoms with van der Waals surface area (Å²) in [4.78, 5) is 16.1. The highest BCUT2D eigenvalue weighted by Crippen LogP contribution is 2.54. The molecule has 3 rings (SSSR count). The molecule has 1 atom stereocenters. The number of anilines is 1. The highest BCUT2D eigenvalue weighted by Gasteiger charge is 2.62. The molecule has 1 fully saturated rings. The second-order valence-corrected chi connectivity index (χ2v) is 5.89. The number of carbonyl (C=O) groups is 1. The van der Waals surface area contributed by atoms with Crippen LogP contribution in [0.25, 0.3) is 0 Å². The Bertz CT molecular complexity index is 602. The third-order valence-electron chi connectivity index (χ3n) is 4.93. The van der Waals surface area contributed by atoms with Crippen molar-refractivity contribution in [3.63, 3.8) is 0 Å². The van der Waals surface area contributed by atoms with Gasteiger partial charge < -0.3 is 9.80 Å². The lowest BCUT2D eigenvalue weighted by Gasteiger charge is -2.45. The number of benzene rings is 1. The summed E-state index contributed by atoms with van der Waals surface area (Å²) in [5.74, 6) is 0.0339. The van der Waals surface area contributed by atoms with Crippen molar-refractivity contribution in [2.45, 2.75) is 31.8 Å². The Morgan fingerprint density at radius 1 is 1.32 bits per heavy atom. The van der Waals surface area contributed by atoms with Gasteiger partial charge in [0.15, 0.2) is 0 Å². The zero-order valence-corrected chi connectivity index (χ0v) is 11.5. The molecule has 1 unspecified atom stereocenters. The van der Waals surface area contributed by atoms with E-state index >= 15 is 0 Å². The monoisotopic (exact) mass is 255 g/mol. The zero-order valence-electron chi connectivity index (χ0n) is 11.5. The Kier molecular flexibility index (Phi) is 2.22. The second-order valence-electron chi connectivity index (χ2n) is 5.89. The van der Waals surface area contributed by atoms with Gasteiger partial charge >= 0.3 is 0 Å². The maximum atomic E-state index is 12.2. The van der Waals surface area contributed by atoms with E-state index in [0.29, 0.717) is 6.54 Å². The van der Waals surface area contributed by atoms with Crippen LogP contribution in [0.4, 0.5) is 5.69 Å². The summed E-state index contributed by atoms with van der Waals surface area (Å²) in [5.41, 5.74) is 1.70. The SMILES string of the molecule is CC1(C)c2ccccc2N2CC(=O)N(CC#N)C21C. The van der Waals surface area contributed by atoms with Gasteiger partial charge in [0.25, 0.3) is 0 Å². The van der Waals surface area contributed by atoms with E-state index in [1.54, 1.807) is 4.90 Å². The number of para-hydroxylation sites is 1. The van der Waals surface area contributed by atoms with Gasteiger partial charge in [0.1, 0.15) is 12.2 Å². The van der Waals surface area contributed by atoms with Crippen molar-refractivity contribution >= 4 is 11.6 Å². The topological polar surface area (TPSA) is 47.3 Å². The third kappa shape index (κ3) is 1.20. The van der Waals surface area contributed by atoms with Crippen LogP contribution in [0.1, 0.15) is 26.3 Å². The molecule has 4 nitrogen and oxygen atoms in total. The Morgan fingerprint density at radius 3 is 2.68 bits per heavy atom. The molecule has 98 valence electrons. The van der Waals surface area contributed by atoms with Gasteiger partial charge in [-0.1, -0.05) is 32.0 Å². The standard InChI is InChI=1S/C15H17N3O/c1-14(2)11-6-4-5-7-12(11)18-10-13(19)17(9-8-16)15(14,18)3/h4-7H,9-10H2,1-3H3. The molecule has 0 spiro atoms. The van der Waals surface area contributed by atoms with Crippen molar-refractivity contribution in [2.75, 3.05) is 18.0 Å². The molecule has 0 bridgehead atoms. The summed E-state index contributed by atoms with van der Waals surface area (Å²) in [6.07, 6.45) is 0. The van der Waals surface area contributed by atoms with Gasteiger partial charge in [-0.3, -0.25) is 4.79 Å². The fourth-order valence-electron chi connectivity index (χ4n) is 3.56. The lowest BCUT2D eigenvalue weighted by Crippen LogP contribution is -2.59. The first-order chi connectivity index (χ1) is 8.94. The smallest absolute Gasteiger partial charge is 0.244 e. The Labute approximate surface area is 113 Å². The van der Waals surface area contributed by atoms with Gasteiger partial charge in [0.2, 0.25) is 5.91 Å². The number of hydrogen-bond donors (Lipinski definition) is 0. The summed E-state index contributed by atoms with van der Waals surface area (Å²) in [6.45, 7) is 6.86. The van der Waals surface area contributed by atoms with Crippen LogP contribution >= 0.6 is 0 Å². The van der Waals surface area contributed by atoms with Gasteiger partial charge in [-0.25, -0.2) is 0 Å². The van der Waals surface area contributed by atoms with Crippen molar-refractivity contribution in [1.82, 2.24) is 4.90 Å². The molecule has 0 aliphatic carbocycles. The normalized spacial score (nSPS) is 27.2. The van der Waals surface area contributed by atoms with Crippen molar-refractivity contribution in [3.8, 4) is 6.07 Å². The minimum atomic E-state index is -0.455. The molecular weight excluding hydrogens is 238 g/mol.